The number of nitro groups is 1. The zero-order valence-electron chi connectivity index (χ0n) is 15.3. The Hall–Kier alpha value is -1.62. The monoisotopic (exact) mass is 333 g/mol. The third-order valence-electron chi connectivity index (χ3n) is 5.78. The molecule has 2 rings (SSSR count). The highest BCUT2D eigenvalue weighted by atomic mass is 16.6. The van der Waals surface area contributed by atoms with Crippen LogP contribution in [0.1, 0.15) is 58.4 Å². The molecule has 5 heteroatoms. The van der Waals surface area contributed by atoms with E-state index in [9.17, 15) is 10.1 Å². The highest BCUT2D eigenvalue weighted by Gasteiger charge is 2.38. The number of unbranched alkanes of at least 4 members (excludes halogenated alkanes) is 3. The number of nitrogens with two attached hydrogens (primary N) is 1. The molecule has 5 nitrogen and oxygen atoms in total. The van der Waals surface area contributed by atoms with Crippen molar-refractivity contribution in [3.63, 3.8) is 0 Å². The van der Waals surface area contributed by atoms with Crippen LogP contribution < -0.4 is 5.73 Å². The minimum atomic E-state index is -0.413. The Balaban J connectivity index is 2.03. The SMILES string of the molecule is CCCCCCN1CCC(C)(c2ccc([N+](=O)[O-])c(N)c2)C(C)C1. The van der Waals surface area contributed by atoms with Crippen LogP contribution >= 0.6 is 0 Å². The van der Waals surface area contributed by atoms with Crippen molar-refractivity contribution in [2.24, 2.45) is 5.92 Å². The quantitative estimate of drug-likeness (QED) is 0.348. The van der Waals surface area contributed by atoms with E-state index in [0.29, 0.717) is 5.92 Å². The minimum absolute atomic E-state index is 0.00311. The Morgan fingerprint density at radius 3 is 2.71 bits per heavy atom. The maximum atomic E-state index is 11.0. The lowest BCUT2D eigenvalue weighted by molar-refractivity contribution is -0.383. The second-order valence-corrected chi connectivity index (χ2v) is 7.46. The van der Waals surface area contributed by atoms with Crippen LogP contribution in [0.15, 0.2) is 18.2 Å². The van der Waals surface area contributed by atoms with Gasteiger partial charge in [-0.2, -0.15) is 0 Å². The van der Waals surface area contributed by atoms with Gasteiger partial charge in [0.1, 0.15) is 5.69 Å². The summed E-state index contributed by atoms with van der Waals surface area (Å²) in [5.41, 5.74) is 7.34. The van der Waals surface area contributed by atoms with Crippen LogP contribution in [0.4, 0.5) is 11.4 Å². The first-order chi connectivity index (χ1) is 11.4. The zero-order valence-corrected chi connectivity index (χ0v) is 15.3. The summed E-state index contributed by atoms with van der Waals surface area (Å²) in [6.45, 7) is 10.2. The van der Waals surface area contributed by atoms with Crippen molar-refractivity contribution in [1.82, 2.24) is 4.90 Å². The van der Waals surface area contributed by atoms with Crippen LogP contribution in [0.25, 0.3) is 0 Å². The van der Waals surface area contributed by atoms with Crippen LogP contribution in [0.2, 0.25) is 0 Å². The maximum absolute atomic E-state index is 11.0. The molecule has 24 heavy (non-hydrogen) atoms. The van der Waals surface area contributed by atoms with Gasteiger partial charge in [0.2, 0.25) is 0 Å². The van der Waals surface area contributed by atoms with Crippen LogP contribution in [-0.2, 0) is 5.41 Å². The lowest BCUT2D eigenvalue weighted by Gasteiger charge is -2.45. The van der Waals surface area contributed by atoms with Crippen LogP contribution in [0, 0.1) is 16.0 Å². The molecule has 2 N–H and O–H groups in total. The number of rotatable bonds is 7. The number of hydrogen-bond acceptors (Lipinski definition) is 4. The van der Waals surface area contributed by atoms with Gasteiger partial charge in [-0.25, -0.2) is 0 Å². The topological polar surface area (TPSA) is 72.4 Å². The number of nitrogen functional groups attached to an aromatic ring is 1. The number of nitro benzene ring substituents is 1. The summed E-state index contributed by atoms with van der Waals surface area (Å²) in [7, 11) is 0. The van der Waals surface area contributed by atoms with Gasteiger partial charge in [-0.05, 0) is 48.9 Å². The predicted molar refractivity (Wildman–Crippen MR) is 99.2 cm³/mol. The first-order valence-corrected chi connectivity index (χ1v) is 9.15. The van der Waals surface area contributed by atoms with Crippen molar-refractivity contribution in [1.29, 1.82) is 0 Å². The molecule has 2 unspecified atom stereocenters. The molecule has 1 aromatic carbocycles. The largest absolute Gasteiger partial charge is 0.393 e. The number of nitrogens with zero attached hydrogens (tertiary/aromatic N) is 2. The van der Waals surface area contributed by atoms with Crippen molar-refractivity contribution in [3.8, 4) is 0 Å². The Morgan fingerprint density at radius 2 is 2.12 bits per heavy atom. The molecule has 0 spiro atoms. The number of anilines is 1. The van der Waals surface area contributed by atoms with E-state index < -0.39 is 4.92 Å². The van der Waals surface area contributed by atoms with E-state index in [1.54, 1.807) is 6.07 Å². The molecule has 134 valence electrons. The first-order valence-electron chi connectivity index (χ1n) is 9.15. The Bertz CT molecular complexity index is 576. The fourth-order valence-corrected chi connectivity index (χ4v) is 3.79. The van der Waals surface area contributed by atoms with Crippen molar-refractivity contribution >= 4 is 11.4 Å². The van der Waals surface area contributed by atoms with E-state index >= 15 is 0 Å². The molecule has 1 aromatic rings. The lowest BCUT2D eigenvalue weighted by Crippen LogP contribution is -2.47. The summed E-state index contributed by atoms with van der Waals surface area (Å²) in [5.74, 6) is 0.498. The fraction of sp³-hybridized carbons (Fsp3) is 0.684. The highest BCUT2D eigenvalue weighted by molar-refractivity contribution is 5.60. The predicted octanol–water partition coefficient (Wildman–Crippen LogP) is 4.36. The molecule has 0 aromatic heterocycles. The summed E-state index contributed by atoms with van der Waals surface area (Å²) in [6.07, 6.45) is 6.26. The number of hydrogen-bond donors (Lipinski definition) is 1. The lowest BCUT2D eigenvalue weighted by atomic mass is 9.68. The van der Waals surface area contributed by atoms with E-state index in [1.165, 1.54) is 32.2 Å². The first kappa shape index (κ1) is 18.7. The molecule has 0 saturated carbocycles. The molecule has 2 atom stereocenters. The Morgan fingerprint density at radius 1 is 1.38 bits per heavy atom. The Labute approximate surface area is 145 Å². The average Bonchev–Trinajstić information content (AvgIpc) is 2.54. The average molecular weight is 333 g/mol. The molecule has 0 amide bonds. The van der Waals surface area contributed by atoms with Gasteiger partial charge in [0, 0.05) is 12.6 Å². The third kappa shape index (κ3) is 4.07. The number of piperidine rings is 1. The van der Waals surface area contributed by atoms with Crippen LogP contribution in [0.3, 0.4) is 0 Å². The van der Waals surface area contributed by atoms with Crippen LogP contribution in [-0.4, -0.2) is 29.5 Å². The van der Waals surface area contributed by atoms with Gasteiger partial charge in [-0.15, -0.1) is 0 Å². The molecule has 0 radical (unpaired) electrons. The minimum Gasteiger partial charge on any atom is -0.393 e. The second kappa shape index (κ2) is 7.97. The van der Waals surface area contributed by atoms with Crippen molar-refractivity contribution in [2.75, 3.05) is 25.4 Å². The molecule has 1 aliphatic heterocycles. The molecule has 0 aliphatic carbocycles. The normalized spacial score (nSPS) is 24.9. The summed E-state index contributed by atoms with van der Waals surface area (Å²) in [6, 6.07) is 5.26. The molecule has 0 bridgehead atoms. The summed E-state index contributed by atoms with van der Waals surface area (Å²) < 4.78 is 0. The number of likely N-dealkylation sites (tertiary alicyclic amines) is 1. The molecule has 1 saturated heterocycles. The Kier molecular flexibility index (Phi) is 6.21. The van der Waals surface area contributed by atoms with Crippen LogP contribution in [0.5, 0.6) is 0 Å². The van der Waals surface area contributed by atoms with E-state index in [4.69, 9.17) is 5.73 Å². The van der Waals surface area contributed by atoms with Crippen molar-refractivity contribution in [3.05, 3.63) is 33.9 Å². The smallest absolute Gasteiger partial charge is 0.292 e. The number of benzene rings is 1. The summed E-state index contributed by atoms with van der Waals surface area (Å²) >= 11 is 0. The maximum Gasteiger partial charge on any atom is 0.292 e. The van der Waals surface area contributed by atoms with Gasteiger partial charge >= 0.3 is 0 Å². The van der Waals surface area contributed by atoms with Gasteiger partial charge in [0.25, 0.3) is 5.69 Å². The second-order valence-electron chi connectivity index (χ2n) is 7.46. The molecular formula is C19H31N3O2. The molecular weight excluding hydrogens is 302 g/mol. The summed E-state index contributed by atoms with van der Waals surface area (Å²) in [4.78, 5) is 13.1. The standard InChI is InChI=1S/C19H31N3O2/c1-4-5-6-7-11-21-12-10-19(3,15(2)14-21)16-8-9-18(22(23)24)17(20)13-16/h8-9,13,15H,4-7,10-12,14,20H2,1-3H3. The highest BCUT2D eigenvalue weighted by Crippen LogP contribution is 2.41. The van der Waals surface area contributed by atoms with E-state index in [-0.39, 0.29) is 16.8 Å². The molecule has 1 heterocycles. The third-order valence-corrected chi connectivity index (χ3v) is 5.78. The van der Waals surface area contributed by atoms with E-state index in [0.717, 1.165) is 25.1 Å². The fourth-order valence-electron chi connectivity index (χ4n) is 3.79. The van der Waals surface area contributed by atoms with Crippen molar-refractivity contribution in [2.45, 2.75) is 58.3 Å². The van der Waals surface area contributed by atoms with Gasteiger partial charge in [0.05, 0.1) is 4.92 Å². The summed E-state index contributed by atoms with van der Waals surface area (Å²) in [5, 5.41) is 11.0. The van der Waals surface area contributed by atoms with Gasteiger partial charge in [-0.3, -0.25) is 10.1 Å². The van der Waals surface area contributed by atoms with E-state index in [1.807, 2.05) is 12.1 Å². The van der Waals surface area contributed by atoms with Crippen molar-refractivity contribution < 1.29 is 4.92 Å². The molecule has 1 aliphatic rings. The zero-order chi connectivity index (χ0) is 17.7. The van der Waals surface area contributed by atoms with Gasteiger partial charge in [-0.1, -0.05) is 46.1 Å². The van der Waals surface area contributed by atoms with Gasteiger partial charge < -0.3 is 10.6 Å². The molecule has 1 fully saturated rings. The van der Waals surface area contributed by atoms with Gasteiger partial charge in [0.15, 0.2) is 0 Å². The van der Waals surface area contributed by atoms with E-state index in [2.05, 4.69) is 25.7 Å².